The lowest BCUT2D eigenvalue weighted by Gasteiger charge is -2.35. The largest absolute Gasteiger partial charge is 0.457 e. The molecular formula is C21H27ClN2O3. The van der Waals surface area contributed by atoms with Crippen molar-refractivity contribution in [2.45, 2.75) is 25.8 Å². The van der Waals surface area contributed by atoms with E-state index in [0.29, 0.717) is 32.6 Å². The van der Waals surface area contributed by atoms with Crippen LogP contribution in [-0.2, 0) is 9.53 Å². The van der Waals surface area contributed by atoms with Gasteiger partial charge in [0.1, 0.15) is 11.5 Å². The van der Waals surface area contributed by atoms with Gasteiger partial charge in [-0.15, -0.1) is 12.4 Å². The number of halogens is 1. The number of ether oxygens (including phenoxy) is 2. The Labute approximate surface area is 166 Å². The number of rotatable bonds is 6. The van der Waals surface area contributed by atoms with E-state index < -0.39 is 5.41 Å². The highest BCUT2D eigenvalue weighted by molar-refractivity contribution is 5.85. The van der Waals surface area contributed by atoms with Gasteiger partial charge in [-0.3, -0.25) is 4.79 Å². The van der Waals surface area contributed by atoms with E-state index >= 15 is 0 Å². The van der Waals surface area contributed by atoms with Crippen molar-refractivity contribution in [2.24, 2.45) is 11.1 Å². The van der Waals surface area contributed by atoms with Crippen molar-refractivity contribution in [3.8, 4) is 11.5 Å². The number of amides is 1. The first-order valence-corrected chi connectivity index (χ1v) is 9.05. The zero-order chi connectivity index (χ0) is 18.4. The van der Waals surface area contributed by atoms with Crippen molar-refractivity contribution in [1.82, 2.24) is 5.32 Å². The Morgan fingerprint density at radius 2 is 1.70 bits per heavy atom. The molecular weight excluding hydrogens is 364 g/mol. The van der Waals surface area contributed by atoms with Gasteiger partial charge in [0.15, 0.2) is 0 Å². The molecule has 1 aliphatic rings. The quantitative estimate of drug-likeness (QED) is 0.786. The Balaban J connectivity index is 0.00000261. The predicted molar refractivity (Wildman–Crippen MR) is 108 cm³/mol. The van der Waals surface area contributed by atoms with E-state index in [-0.39, 0.29) is 24.4 Å². The van der Waals surface area contributed by atoms with E-state index in [9.17, 15) is 4.79 Å². The first-order valence-electron chi connectivity index (χ1n) is 9.05. The maximum atomic E-state index is 12.8. The first-order chi connectivity index (χ1) is 12.6. The molecule has 1 heterocycles. The van der Waals surface area contributed by atoms with Crippen LogP contribution in [0.2, 0.25) is 0 Å². The zero-order valence-electron chi connectivity index (χ0n) is 15.5. The van der Waals surface area contributed by atoms with Crippen molar-refractivity contribution in [1.29, 1.82) is 0 Å². The van der Waals surface area contributed by atoms with Gasteiger partial charge < -0.3 is 20.5 Å². The lowest BCUT2D eigenvalue weighted by Crippen LogP contribution is -2.49. The molecule has 3 rings (SSSR count). The number of nitrogens with one attached hydrogen (secondary N) is 1. The summed E-state index contributed by atoms with van der Waals surface area (Å²) in [6.45, 7) is 3.50. The monoisotopic (exact) mass is 390 g/mol. The van der Waals surface area contributed by atoms with Crippen LogP contribution in [0.4, 0.5) is 0 Å². The lowest BCUT2D eigenvalue weighted by atomic mass is 9.79. The summed E-state index contributed by atoms with van der Waals surface area (Å²) >= 11 is 0. The summed E-state index contributed by atoms with van der Waals surface area (Å²) in [5.41, 5.74) is 6.43. The number of hydrogen-bond acceptors (Lipinski definition) is 4. The Kier molecular flexibility index (Phi) is 7.66. The van der Waals surface area contributed by atoms with E-state index in [1.54, 1.807) is 0 Å². The van der Waals surface area contributed by atoms with Crippen LogP contribution >= 0.6 is 12.4 Å². The number of carbonyl (C=O) groups is 1. The normalized spacial score (nSPS) is 16.7. The van der Waals surface area contributed by atoms with Crippen LogP contribution in [0, 0.1) is 5.41 Å². The van der Waals surface area contributed by atoms with Gasteiger partial charge >= 0.3 is 0 Å². The van der Waals surface area contributed by atoms with Gasteiger partial charge in [0.2, 0.25) is 5.91 Å². The highest BCUT2D eigenvalue weighted by Gasteiger charge is 2.39. The molecule has 1 unspecified atom stereocenters. The van der Waals surface area contributed by atoms with Crippen molar-refractivity contribution in [3.63, 3.8) is 0 Å². The lowest BCUT2D eigenvalue weighted by molar-refractivity contribution is -0.136. The van der Waals surface area contributed by atoms with E-state index in [4.69, 9.17) is 15.2 Å². The number of carbonyl (C=O) groups excluding carboxylic acids is 1. The van der Waals surface area contributed by atoms with Crippen LogP contribution < -0.4 is 15.8 Å². The fraction of sp³-hybridized carbons (Fsp3) is 0.381. The molecule has 146 valence electrons. The Hall–Kier alpha value is -2.08. The fourth-order valence-electron chi connectivity index (χ4n) is 3.17. The smallest absolute Gasteiger partial charge is 0.228 e. The van der Waals surface area contributed by atoms with Gasteiger partial charge in [0.25, 0.3) is 0 Å². The molecule has 27 heavy (non-hydrogen) atoms. The summed E-state index contributed by atoms with van der Waals surface area (Å²) in [5.74, 6) is 1.58. The van der Waals surface area contributed by atoms with E-state index in [1.807, 2.05) is 61.5 Å². The molecule has 0 spiro atoms. The topological polar surface area (TPSA) is 73.6 Å². The Morgan fingerprint density at radius 1 is 1.11 bits per heavy atom. The Bertz CT molecular complexity index is 716. The molecule has 2 aromatic carbocycles. The third-order valence-electron chi connectivity index (χ3n) is 5.03. The van der Waals surface area contributed by atoms with Gasteiger partial charge in [-0.05, 0) is 49.6 Å². The first kappa shape index (κ1) is 21.2. The molecule has 2 aromatic rings. The van der Waals surface area contributed by atoms with Gasteiger partial charge in [-0.1, -0.05) is 30.3 Å². The van der Waals surface area contributed by atoms with Gasteiger partial charge in [0.05, 0.1) is 11.5 Å². The summed E-state index contributed by atoms with van der Waals surface area (Å²) in [6.07, 6.45) is 1.35. The van der Waals surface area contributed by atoms with Crippen LogP contribution in [0.25, 0.3) is 0 Å². The minimum atomic E-state index is -0.511. The van der Waals surface area contributed by atoms with E-state index in [2.05, 4.69) is 5.32 Å². The standard InChI is InChI=1S/C21H26N2O3.ClH/c1-16(23-20(24)21(15-22)11-13-25-14-12-21)17-7-9-19(10-8-17)26-18-5-3-2-4-6-18;/h2-10,16H,11-15,22H2,1H3,(H,23,24);1H. The van der Waals surface area contributed by atoms with Crippen molar-refractivity contribution in [3.05, 3.63) is 60.2 Å². The second-order valence-corrected chi connectivity index (χ2v) is 6.78. The van der Waals surface area contributed by atoms with Crippen LogP contribution in [0.5, 0.6) is 11.5 Å². The number of hydrogen-bond donors (Lipinski definition) is 2. The van der Waals surface area contributed by atoms with Crippen LogP contribution in [0.3, 0.4) is 0 Å². The molecule has 0 radical (unpaired) electrons. The van der Waals surface area contributed by atoms with Crippen molar-refractivity contribution < 1.29 is 14.3 Å². The third-order valence-corrected chi connectivity index (χ3v) is 5.03. The molecule has 1 aliphatic heterocycles. The number of para-hydroxylation sites is 1. The maximum absolute atomic E-state index is 12.8. The molecule has 5 nitrogen and oxygen atoms in total. The van der Waals surface area contributed by atoms with Crippen LogP contribution in [0.15, 0.2) is 54.6 Å². The van der Waals surface area contributed by atoms with Crippen LogP contribution in [-0.4, -0.2) is 25.7 Å². The summed E-state index contributed by atoms with van der Waals surface area (Å²) in [5, 5.41) is 3.11. The van der Waals surface area contributed by atoms with Gasteiger partial charge in [-0.25, -0.2) is 0 Å². The second-order valence-electron chi connectivity index (χ2n) is 6.78. The van der Waals surface area contributed by atoms with Crippen molar-refractivity contribution in [2.75, 3.05) is 19.8 Å². The average Bonchev–Trinajstić information content (AvgIpc) is 2.69. The summed E-state index contributed by atoms with van der Waals surface area (Å²) in [6, 6.07) is 17.3. The molecule has 1 amide bonds. The maximum Gasteiger partial charge on any atom is 0.228 e. The number of benzene rings is 2. The average molecular weight is 391 g/mol. The molecule has 0 aromatic heterocycles. The summed E-state index contributed by atoms with van der Waals surface area (Å²) in [4.78, 5) is 12.8. The fourth-order valence-corrected chi connectivity index (χ4v) is 3.17. The van der Waals surface area contributed by atoms with E-state index in [0.717, 1.165) is 17.1 Å². The molecule has 1 fully saturated rings. The minimum absolute atomic E-state index is 0. The van der Waals surface area contributed by atoms with Gasteiger partial charge in [-0.2, -0.15) is 0 Å². The molecule has 3 N–H and O–H groups in total. The highest BCUT2D eigenvalue weighted by Crippen LogP contribution is 2.31. The van der Waals surface area contributed by atoms with Crippen molar-refractivity contribution >= 4 is 18.3 Å². The number of nitrogens with two attached hydrogens (primary N) is 1. The molecule has 1 saturated heterocycles. The van der Waals surface area contributed by atoms with E-state index in [1.165, 1.54) is 0 Å². The minimum Gasteiger partial charge on any atom is -0.457 e. The van der Waals surface area contributed by atoms with Gasteiger partial charge in [0, 0.05) is 19.8 Å². The molecule has 6 heteroatoms. The second kappa shape index (κ2) is 9.74. The zero-order valence-corrected chi connectivity index (χ0v) is 16.3. The summed E-state index contributed by atoms with van der Waals surface area (Å²) < 4.78 is 11.2. The Morgan fingerprint density at radius 3 is 2.30 bits per heavy atom. The molecule has 0 aliphatic carbocycles. The summed E-state index contributed by atoms with van der Waals surface area (Å²) in [7, 11) is 0. The molecule has 0 bridgehead atoms. The molecule has 0 saturated carbocycles. The highest BCUT2D eigenvalue weighted by atomic mass is 35.5. The predicted octanol–water partition coefficient (Wildman–Crippen LogP) is 3.83. The van der Waals surface area contributed by atoms with Crippen LogP contribution in [0.1, 0.15) is 31.4 Å². The SMILES string of the molecule is CC(NC(=O)C1(CN)CCOCC1)c1ccc(Oc2ccccc2)cc1.Cl. The third kappa shape index (κ3) is 5.22. The molecule has 1 atom stereocenters.